The molecule has 0 saturated carbocycles. The summed E-state index contributed by atoms with van der Waals surface area (Å²) in [6, 6.07) is 7.73. The molecule has 0 aliphatic carbocycles. The monoisotopic (exact) mass is 262 g/mol. The normalized spacial score (nSPS) is 10.7. The van der Waals surface area contributed by atoms with Crippen molar-refractivity contribution in [3.05, 3.63) is 35.4 Å². The number of aliphatic hydroxyl groups excluding tert-OH is 1. The summed E-state index contributed by atoms with van der Waals surface area (Å²) < 4.78 is 16.0. The molecule has 0 aliphatic heterocycles. The first kappa shape index (κ1) is 13.6. The first-order valence-electron chi connectivity index (χ1n) is 6.04. The largest absolute Gasteiger partial charge is 0.493 e. The lowest BCUT2D eigenvalue weighted by Crippen LogP contribution is -2.03. The van der Waals surface area contributed by atoms with Gasteiger partial charge in [-0.15, -0.1) is 0 Å². The third-order valence-corrected chi connectivity index (χ3v) is 3.09. The van der Waals surface area contributed by atoms with Crippen molar-refractivity contribution in [2.75, 3.05) is 21.0 Å². The van der Waals surface area contributed by atoms with E-state index >= 15 is 0 Å². The van der Waals surface area contributed by atoms with Gasteiger partial charge in [0.05, 0.1) is 13.7 Å². The van der Waals surface area contributed by atoms with E-state index in [2.05, 4.69) is 0 Å². The Bertz CT molecular complexity index is 578. The number of hydrogen-bond donors (Lipinski definition) is 1. The van der Waals surface area contributed by atoms with Crippen LogP contribution in [0.4, 0.5) is 0 Å². The number of hydrogen-bond acceptors (Lipinski definition) is 4. The van der Waals surface area contributed by atoms with Crippen LogP contribution in [-0.4, -0.2) is 26.1 Å². The summed E-state index contributed by atoms with van der Waals surface area (Å²) in [4.78, 5) is 0. The van der Waals surface area contributed by atoms with Crippen molar-refractivity contribution in [3.8, 4) is 11.5 Å². The number of aryl methyl sites for hydroxylation is 1. The van der Waals surface area contributed by atoms with Crippen LogP contribution in [0.25, 0.3) is 10.8 Å². The van der Waals surface area contributed by atoms with Crippen molar-refractivity contribution in [1.29, 1.82) is 0 Å². The molecular weight excluding hydrogens is 244 g/mol. The molecule has 2 aromatic rings. The molecule has 19 heavy (non-hydrogen) atoms. The lowest BCUT2D eigenvalue weighted by atomic mass is 9.99. The zero-order valence-electron chi connectivity index (χ0n) is 11.4. The highest BCUT2D eigenvalue weighted by atomic mass is 16.7. The topological polar surface area (TPSA) is 47.9 Å². The molecule has 1 N–H and O–H groups in total. The van der Waals surface area contributed by atoms with Gasteiger partial charge >= 0.3 is 0 Å². The molecule has 0 aliphatic rings. The van der Waals surface area contributed by atoms with Crippen molar-refractivity contribution in [1.82, 2.24) is 0 Å². The maximum Gasteiger partial charge on any atom is 0.188 e. The van der Waals surface area contributed by atoms with Crippen LogP contribution in [0.3, 0.4) is 0 Å². The van der Waals surface area contributed by atoms with Crippen LogP contribution in [0.1, 0.15) is 11.1 Å². The van der Waals surface area contributed by atoms with E-state index in [1.54, 1.807) is 20.3 Å². The van der Waals surface area contributed by atoms with E-state index in [0.29, 0.717) is 11.5 Å². The quantitative estimate of drug-likeness (QED) is 0.841. The van der Waals surface area contributed by atoms with Gasteiger partial charge in [-0.05, 0) is 29.5 Å². The molecule has 102 valence electrons. The van der Waals surface area contributed by atoms with Gasteiger partial charge in [0.2, 0.25) is 0 Å². The van der Waals surface area contributed by atoms with Gasteiger partial charge in [0.15, 0.2) is 18.3 Å². The molecule has 0 bridgehead atoms. The minimum Gasteiger partial charge on any atom is -0.493 e. The van der Waals surface area contributed by atoms with Gasteiger partial charge in [-0.25, -0.2) is 0 Å². The van der Waals surface area contributed by atoms with E-state index < -0.39 is 0 Å². The summed E-state index contributed by atoms with van der Waals surface area (Å²) in [5.41, 5.74) is 1.89. The molecule has 0 aromatic heterocycles. The Labute approximate surface area is 112 Å². The Morgan fingerprint density at radius 2 is 2.00 bits per heavy atom. The predicted molar refractivity (Wildman–Crippen MR) is 73.7 cm³/mol. The maximum absolute atomic E-state index is 9.49. The second kappa shape index (κ2) is 5.91. The van der Waals surface area contributed by atoms with Crippen molar-refractivity contribution in [2.24, 2.45) is 0 Å². The van der Waals surface area contributed by atoms with Crippen molar-refractivity contribution in [2.45, 2.75) is 13.5 Å². The van der Waals surface area contributed by atoms with Crippen LogP contribution >= 0.6 is 0 Å². The van der Waals surface area contributed by atoms with Crippen LogP contribution in [0.5, 0.6) is 11.5 Å². The van der Waals surface area contributed by atoms with Gasteiger partial charge in [-0.1, -0.05) is 18.2 Å². The number of benzene rings is 2. The summed E-state index contributed by atoms with van der Waals surface area (Å²) in [6.07, 6.45) is 0. The number of aliphatic hydroxyl groups is 1. The fraction of sp³-hybridized carbons (Fsp3) is 0.333. The second-order valence-corrected chi connectivity index (χ2v) is 4.27. The molecule has 0 fully saturated rings. The standard InChI is InChI=1S/C15H18O4/c1-10-5-4-6-12-11(8-16)7-13(18-3)15(14(10)12)19-9-17-2/h4-7,16H,8-9H2,1-3H3. The third-order valence-electron chi connectivity index (χ3n) is 3.09. The molecular formula is C15H18O4. The van der Waals surface area contributed by atoms with Crippen LogP contribution < -0.4 is 9.47 Å². The van der Waals surface area contributed by atoms with Gasteiger partial charge in [-0.2, -0.15) is 0 Å². The summed E-state index contributed by atoms with van der Waals surface area (Å²) in [6.45, 7) is 2.11. The summed E-state index contributed by atoms with van der Waals surface area (Å²) in [5, 5.41) is 11.4. The first-order valence-corrected chi connectivity index (χ1v) is 6.04. The predicted octanol–water partition coefficient (Wildman–Crippen LogP) is 2.63. The molecule has 4 heteroatoms. The van der Waals surface area contributed by atoms with E-state index in [1.807, 2.05) is 25.1 Å². The number of fused-ring (bicyclic) bond motifs is 1. The summed E-state index contributed by atoms with van der Waals surface area (Å²) in [5.74, 6) is 1.25. The molecule has 0 amide bonds. The highest BCUT2D eigenvalue weighted by Crippen LogP contribution is 2.39. The summed E-state index contributed by atoms with van der Waals surface area (Å²) in [7, 11) is 3.16. The second-order valence-electron chi connectivity index (χ2n) is 4.27. The smallest absolute Gasteiger partial charge is 0.188 e. The Kier molecular flexibility index (Phi) is 4.24. The van der Waals surface area contributed by atoms with Gasteiger partial charge in [0, 0.05) is 12.5 Å². The molecule has 0 saturated heterocycles. The minimum absolute atomic E-state index is 0.0408. The van der Waals surface area contributed by atoms with Gasteiger partial charge < -0.3 is 19.3 Å². The highest BCUT2D eigenvalue weighted by Gasteiger charge is 2.15. The molecule has 0 atom stereocenters. The molecule has 0 heterocycles. The molecule has 4 nitrogen and oxygen atoms in total. The highest BCUT2D eigenvalue weighted by molar-refractivity contribution is 5.95. The molecule has 2 aromatic carbocycles. The summed E-state index contributed by atoms with van der Waals surface area (Å²) >= 11 is 0. The lowest BCUT2D eigenvalue weighted by molar-refractivity contribution is 0.0503. The van der Waals surface area contributed by atoms with Gasteiger partial charge in [0.1, 0.15) is 0 Å². The fourth-order valence-electron chi connectivity index (χ4n) is 2.21. The van der Waals surface area contributed by atoms with Crippen molar-refractivity contribution in [3.63, 3.8) is 0 Å². The van der Waals surface area contributed by atoms with E-state index in [9.17, 15) is 5.11 Å². The van der Waals surface area contributed by atoms with Crippen LogP contribution in [0.15, 0.2) is 24.3 Å². The van der Waals surface area contributed by atoms with E-state index in [0.717, 1.165) is 21.9 Å². The molecule has 0 unspecified atom stereocenters. The Morgan fingerprint density at radius 3 is 2.63 bits per heavy atom. The Balaban J connectivity index is 2.74. The van der Waals surface area contributed by atoms with Crippen LogP contribution in [0.2, 0.25) is 0 Å². The molecule has 2 rings (SSSR count). The Hall–Kier alpha value is -1.78. The van der Waals surface area contributed by atoms with E-state index in [4.69, 9.17) is 14.2 Å². The number of methoxy groups -OCH3 is 2. The molecule has 0 radical (unpaired) electrons. The molecule has 0 spiro atoms. The fourth-order valence-corrected chi connectivity index (χ4v) is 2.21. The lowest BCUT2D eigenvalue weighted by Gasteiger charge is -2.16. The minimum atomic E-state index is -0.0408. The van der Waals surface area contributed by atoms with E-state index in [-0.39, 0.29) is 13.4 Å². The van der Waals surface area contributed by atoms with Crippen LogP contribution in [0, 0.1) is 6.92 Å². The third kappa shape index (κ3) is 2.50. The average Bonchev–Trinajstić information content (AvgIpc) is 2.44. The maximum atomic E-state index is 9.49. The zero-order chi connectivity index (χ0) is 13.8. The van der Waals surface area contributed by atoms with Gasteiger partial charge in [0.25, 0.3) is 0 Å². The van der Waals surface area contributed by atoms with Crippen molar-refractivity contribution >= 4 is 10.8 Å². The SMILES string of the molecule is COCOc1c(OC)cc(CO)c2cccc(C)c12. The van der Waals surface area contributed by atoms with Crippen LogP contribution in [-0.2, 0) is 11.3 Å². The van der Waals surface area contributed by atoms with Crippen molar-refractivity contribution < 1.29 is 19.3 Å². The van der Waals surface area contributed by atoms with E-state index in [1.165, 1.54) is 0 Å². The number of ether oxygens (including phenoxy) is 3. The average molecular weight is 262 g/mol. The Morgan fingerprint density at radius 1 is 1.21 bits per heavy atom. The van der Waals surface area contributed by atoms with Gasteiger partial charge in [-0.3, -0.25) is 0 Å². The first-order chi connectivity index (χ1) is 9.22. The zero-order valence-corrected chi connectivity index (χ0v) is 11.4. The number of rotatable bonds is 5.